The standard InChI is InChI=1S/C21H32F2N4O2S/c1-15(2)27-18(9-19(24-27)26-11-21(22,23)12-26)16-3-5-17(6-4-16)25-8-7-20(10-25)13-30(28,29)14-20/h9,15-17H,3-8,10-14H2,1-2H3. The zero-order valence-electron chi connectivity index (χ0n) is 17.9. The van der Waals surface area contributed by atoms with Crippen molar-refractivity contribution in [3.05, 3.63) is 11.8 Å². The lowest BCUT2D eigenvalue weighted by Crippen LogP contribution is -2.56. The van der Waals surface area contributed by atoms with E-state index < -0.39 is 15.8 Å². The van der Waals surface area contributed by atoms with Gasteiger partial charge in [0.2, 0.25) is 0 Å². The van der Waals surface area contributed by atoms with E-state index in [-0.39, 0.29) is 24.5 Å². The van der Waals surface area contributed by atoms with Crippen molar-refractivity contribution >= 4 is 15.7 Å². The molecule has 3 saturated heterocycles. The number of halogens is 2. The lowest BCUT2D eigenvalue weighted by Gasteiger charge is -2.40. The number of likely N-dealkylation sites (tertiary alicyclic amines) is 1. The highest BCUT2D eigenvalue weighted by molar-refractivity contribution is 7.92. The molecule has 9 heteroatoms. The summed E-state index contributed by atoms with van der Waals surface area (Å²) >= 11 is 0. The predicted octanol–water partition coefficient (Wildman–Crippen LogP) is 3.07. The van der Waals surface area contributed by atoms with E-state index in [9.17, 15) is 17.2 Å². The predicted molar refractivity (Wildman–Crippen MR) is 112 cm³/mol. The van der Waals surface area contributed by atoms with Crippen LogP contribution in [0.2, 0.25) is 0 Å². The highest BCUT2D eigenvalue weighted by atomic mass is 32.2. The third-order valence-corrected chi connectivity index (χ3v) is 9.67. The first kappa shape index (κ1) is 20.7. The van der Waals surface area contributed by atoms with Crippen LogP contribution in [-0.2, 0) is 9.84 Å². The van der Waals surface area contributed by atoms with Crippen LogP contribution in [0.4, 0.5) is 14.6 Å². The zero-order chi connectivity index (χ0) is 21.3. The second kappa shape index (κ2) is 6.89. The molecule has 4 fully saturated rings. The number of hydrogen-bond donors (Lipinski definition) is 0. The van der Waals surface area contributed by atoms with Gasteiger partial charge in [-0.15, -0.1) is 0 Å². The van der Waals surface area contributed by atoms with Gasteiger partial charge in [-0.2, -0.15) is 5.10 Å². The van der Waals surface area contributed by atoms with Gasteiger partial charge in [-0.25, -0.2) is 17.2 Å². The Kier molecular flexibility index (Phi) is 4.75. The number of alkyl halides is 2. The molecular formula is C21H32F2N4O2S. The maximum absolute atomic E-state index is 13.3. The number of hydrogen-bond acceptors (Lipinski definition) is 5. The number of anilines is 1. The summed E-state index contributed by atoms with van der Waals surface area (Å²) in [6, 6.07) is 2.77. The molecule has 0 radical (unpaired) electrons. The molecule has 1 spiro atoms. The maximum Gasteiger partial charge on any atom is 0.282 e. The molecule has 30 heavy (non-hydrogen) atoms. The largest absolute Gasteiger partial charge is 0.343 e. The van der Waals surface area contributed by atoms with Crippen molar-refractivity contribution in [1.29, 1.82) is 0 Å². The third-order valence-electron chi connectivity index (χ3n) is 7.56. The normalized spacial score (nSPS) is 32.4. The molecule has 0 aromatic carbocycles. The van der Waals surface area contributed by atoms with Crippen LogP contribution >= 0.6 is 0 Å². The average molecular weight is 443 g/mol. The van der Waals surface area contributed by atoms with E-state index in [1.807, 2.05) is 10.7 Å². The first-order valence-electron chi connectivity index (χ1n) is 11.2. The molecule has 0 amide bonds. The Labute approximate surface area is 177 Å². The summed E-state index contributed by atoms with van der Waals surface area (Å²) in [6.45, 7) is 5.66. The van der Waals surface area contributed by atoms with E-state index in [4.69, 9.17) is 0 Å². The Hall–Kier alpha value is -1.22. The van der Waals surface area contributed by atoms with Crippen molar-refractivity contribution in [3.8, 4) is 0 Å². The molecule has 0 bridgehead atoms. The van der Waals surface area contributed by atoms with E-state index >= 15 is 0 Å². The highest BCUT2D eigenvalue weighted by Crippen LogP contribution is 2.45. The molecule has 1 aliphatic carbocycles. The van der Waals surface area contributed by atoms with Gasteiger partial charge in [0.15, 0.2) is 15.7 Å². The Morgan fingerprint density at radius 3 is 2.33 bits per heavy atom. The molecule has 1 saturated carbocycles. The first-order valence-corrected chi connectivity index (χ1v) is 13.0. The fraction of sp³-hybridized carbons (Fsp3) is 0.857. The topological polar surface area (TPSA) is 58.4 Å². The quantitative estimate of drug-likeness (QED) is 0.717. The van der Waals surface area contributed by atoms with Gasteiger partial charge in [0.05, 0.1) is 24.6 Å². The van der Waals surface area contributed by atoms with Gasteiger partial charge in [0, 0.05) is 41.7 Å². The summed E-state index contributed by atoms with van der Waals surface area (Å²) in [4.78, 5) is 4.20. The minimum absolute atomic E-state index is 0.0279. The van der Waals surface area contributed by atoms with Crippen molar-refractivity contribution in [3.63, 3.8) is 0 Å². The van der Waals surface area contributed by atoms with E-state index in [2.05, 4.69) is 23.8 Å². The van der Waals surface area contributed by atoms with Crippen LogP contribution in [0.5, 0.6) is 0 Å². The molecule has 0 unspecified atom stereocenters. The number of aromatic nitrogens is 2. The SMILES string of the molecule is CC(C)n1nc(N2CC(F)(F)C2)cc1C1CCC(N2CCC3(C2)CS(=O)(=O)C3)CC1. The highest BCUT2D eigenvalue weighted by Gasteiger charge is 2.53. The van der Waals surface area contributed by atoms with Crippen molar-refractivity contribution in [2.45, 2.75) is 69.9 Å². The molecule has 0 N–H and O–H groups in total. The molecule has 4 heterocycles. The number of sulfone groups is 1. The summed E-state index contributed by atoms with van der Waals surface area (Å²) in [5.74, 6) is -0.755. The smallest absolute Gasteiger partial charge is 0.282 e. The molecular weight excluding hydrogens is 410 g/mol. The number of nitrogens with zero attached hydrogens (tertiary/aromatic N) is 4. The third kappa shape index (κ3) is 3.66. The van der Waals surface area contributed by atoms with Gasteiger partial charge < -0.3 is 4.90 Å². The van der Waals surface area contributed by atoms with E-state index in [1.54, 1.807) is 4.90 Å². The van der Waals surface area contributed by atoms with Crippen molar-refractivity contribution in [2.24, 2.45) is 5.41 Å². The van der Waals surface area contributed by atoms with E-state index in [0.717, 1.165) is 45.2 Å². The van der Waals surface area contributed by atoms with E-state index in [0.29, 0.717) is 29.3 Å². The van der Waals surface area contributed by atoms with Crippen LogP contribution in [-0.4, -0.2) is 72.7 Å². The van der Waals surface area contributed by atoms with Crippen molar-refractivity contribution in [1.82, 2.24) is 14.7 Å². The molecule has 5 rings (SSSR count). The van der Waals surface area contributed by atoms with Crippen LogP contribution < -0.4 is 4.90 Å². The average Bonchev–Trinajstić information content (AvgIpc) is 3.24. The van der Waals surface area contributed by atoms with Crippen LogP contribution in [0.3, 0.4) is 0 Å². The van der Waals surface area contributed by atoms with Crippen molar-refractivity contribution < 1.29 is 17.2 Å². The van der Waals surface area contributed by atoms with Crippen LogP contribution in [0.25, 0.3) is 0 Å². The Morgan fingerprint density at radius 2 is 1.77 bits per heavy atom. The monoisotopic (exact) mass is 442 g/mol. The van der Waals surface area contributed by atoms with Crippen LogP contribution in [0, 0.1) is 5.41 Å². The maximum atomic E-state index is 13.3. The van der Waals surface area contributed by atoms with Gasteiger partial charge in [0.25, 0.3) is 5.92 Å². The van der Waals surface area contributed by atoms with Gasteiger partial charge >= 0.3 is 0 Å². The minimum atomic E-state index is -2.78. The minimum Gasteiger partial charge on any atom is -0.343 e. The lowest BCUT2D eigenvalue weighted by atomic mass is 9.83. The van der Waals surface area contributed by atoms with Crippen LogP contribution in [0.15, 0.2) is 6.07 Å². The summed E-state index contributed by atoms with van der Waals surface area (Å²) < 4.78 is 51.9. The fourth-order valence-electron chi connectivity index (χ4n) is 6.09. The molecule has 0 atom stereocenters. The Bertz CT molecular complexity index is 901. The lowest BCUT2D eigenvalue weighted by molar-refractivity contribution is -0.0267. The molecule has 1 aromatic rings. The second-order valence-corrected chi connectivity index (χ2v) is 12.5. The first-order chi connectivity index (χ1) is 14.0. The van der Waals surface area contributed by atoms with Gasteiger partial charge in [-0.1, -0.05) is 0 Å². The molecule has 4 aliphatic rings. The Morgan fingerprint density at radius 1 is 1.10 bits per heavy atom. The molecule has 1 aromatic heterocycles. The van der Waals surface area contributed by atoms with Crippen LogP contribution in [0.1, 0.15) is 63.6 Å². The van der Waals surface area contributed by atoms with Gasteiger partial charge in [0.1, 0.15) is 0 Å². The van der Waals surface area contributed by atoms with E-state index in [1.165, 1.54) is 5.69 Å². The second-order valence-electron chi connectivity index (χ2n) is 10.4. The van der Waals surface area contributed by atoms with Gasteiger partial charge in [-0.3, -0.25) is 9.58 Å². The molecule has 168 valence electrons. The number of rotatable bonds is 4. The molecule has 6 nitrogen and oxygen atoms in total. The van der Waals surface area contributed by atoms with Crippen molar-refractivity contribution in [2.75, 3.05) is 42.6 Å². The summed E-state index contributed by atoms with van der Waals surface area (Å²) in [5.41, 5.74) is 1.21. The fourth-order valence-corrected chi connectivity index (χ4v) is 8.34. The molecule has 3 aliphatic heterocycles. The van der Waals surface area contributed by atoms with Gasteiger partial charge in [-0.05, 0) is 52.5 Å². The summed E-state index contributed by atoms with van der Waals surface area (Å²) in [5, 5.41) is 4.66. The summed E-state index contributed by atoms with van der Waals surface area (Å²) in [6.07, 6.45) is 5.36. The zero-order valence-corrected chi connectivity index (χ0v) is 18.7. The summed E-state index contributed by atoms with van der Waals surface area (Å²) in [7, 11) is -2.78. The Balaban J connectivity index is 1.22.